The number of aliphatic hydroxyl groups is 1. The number of rotatable bonds is 3. The van der Waals surface area contributed by atoms with Crippen LogP contribution < -0.4 is 10.6 Å². The van der Waals surface area contributed by atoms with Crippen molar-refractivity contribution in [3.63, 3.8) is 0 Å². The van der Waals surface area contributed by atoms with Crippen LogP contribution in [-0.4, -0.2) is 22.7 Å². The lowest BCUT2D eigenvalue weighted by molar-refractivity contribution is -0.141. The van der Waals surface area contributed by atoms with E-state index in [0.717, 1.165) is 23.3 Å². The van der Waals surface area contributed by atoms with E-state index in [9.17, 15) is 23.1 Å². The van der Waals surface area contributed by atoms with Gasteiger partial charge in [0.2, 0.25) is 0 Å². The third-order valence-corrected chi connectivity index (χ3v) is 4.15. The Bertz CT molecular complexity index is 795. The lowest BCUT2D eigenvalue weighted by Gasteiger charge is -2.24. The molecule has 3 N–H and O–H groups in total. The Morgan fingerprint density at radius 3 is 2.72 bits per heavy atom. The van der Waals surface area contributed by atoms with Crippen molar-refractivity contribution in [1.82, 2.24) is 10.3 Å². The molecular weight excluding hydrogens is 335 g/mol. The second kappa shape index (κ2) is 6.36. The molecule has 8 heteroatoms. The first-order chi connectivity index (χ1) is 11.8. The van der Waals surface area contributed by atoms with Crippen LogP contribution in [0.4, 0.5) is 23.8 Å². The quantitative estimate of drug-likeness (QED) is 0.796. The van der Waals surface area contributed by atoms with Crippen molar-refractivity contribution in [3.8, 4) is 0 Å². The van der Waals surface area contributed by atoms with E-state index in [1.54, 1.807) is 6.07 Å². The zero-order chi connectivity index (χ0) is 18.1. The summed E-state index contributed by atoms with van der Waals surface area (Å²) in [5.74, 6) is -0.217. The first-order valence-electron chi connectivity index (χ1n) is 7.68. The number of pyridine rings is 1. The SMILES string of the molecule is O=C(NCC1(O)CCc2ccccc21)Nc1cccc(C(F)(F)F)n1. The first kappa shape index (κ1) is 17.2. The minimum absolute atomic E-state index is 0.0468. The minimum Gasteiger partial charge on any atom is -0.383 e. The summed E-state index contributed by atoms with van der Waals surface area (Å²) in [6.07, 6.45) is -3.42. The van der Waals surface area contributed by atoms with Crippen molar-refractivity contribution >= 4 is 11.8 Å². The highest BCUT2D eigenvalue weighted by Gasteiger charge is 2.36. The summed E-state index contributed by atoms with van der Waals surface area (Å²) >= 11 is 0. The number of benzene rings is 1. The van der Waals surface area contributed by atoms with E-state index >= 15 is 0 Å². The maximum atomic E-state index is 12.6. The summed E-state index contributed by atoms with van der Waals surface area (Å²) in [5.41, 5.74) is -0.497. The third kappa shape index (κ3) is 3.74. The molecule has 0 saturated heterocycles. The monoisotopic (exact) mass is 351 g/mol. The fourth-order valence-corrected chi connectivity index (χ4v) is 2.90. The molecule has 2 amide bonds. The number of nitrogens with zero attached hydrogens (tertiary/aromatic N) is 1. The van der Waals surface area contributed by atoms with Crippen molar-refractivity contribution in [2.45, 2.75) is 24.6 Å². The summed E-state index contributed by atoms with van der Waals surface area (Å²) in [6.45, 7) is -0.0468. The van der Waals surface area contributed by atoms with Gasteiger partial charge in [0.25, 0.3) is 0 Å². The summed E-state index contributed by atoms with van der Waals surface area (Å²) in [6, 6.07) is 9.91. The number of aryl methyl sites for hydroxylation is 1. The van der Waals surface area contributed by atoms with Crippen molar-refractivity contribution in [3.05, 3.63) is 59.3 Å². The van der Waals surface area contributed by atoms with Crippen molar-refractivity contribution in [1.29, 1.82) is 0 Å². The van der Waals surface area contributed by atoms with Crippen LogP contribution in [-0.2, 0) is 18.2 Å². The molecule has 132 valence electrons. The van der Waals surface area contributed by atoms with Gasteiger partial charge in [-0.1, -0.05) is 30.3 Å². The predicted octanol–water partition coefficient (Wildman–Crippen LogP) is 3.06. The number of anilines is 1. The number of carbonyl (C=O) groups excluding carboxylic acids is 1. The molecule has 1 unspecified atom stereocenters. The topological polar surface area (TPSA) is 74.2 Å². The van der Waals surface area contributed by atoms with E-state index < -0.39 is 23.5 Å². The normalized spacial score (nSPS) is 19.4. The highest BCUT2D eigenvalue weighted by molar-refractivity contribution is 5.88. The van der Waals surface area contributed by atoms with Crippen LogP contribution in [0.1, 0.15) is 23.2 Å². The Balaban J connectivity index is 1.63. The van der Waals surface area contributed by atoms with Gasteiger partial charge in [-0.2, -0.15) is 13.2 Å². The Kier molecular flexibility index (Phi) is 4.38. The van der Waals surface area contributed by atoms with Gasteiger partial charge in [-0.05, 0) is 36.1 Å². The molecular formula is C17H16F3N3O2. The molecule has 5 nitrogen and oxygen atoms in total. The van der Waals surface area contributed by atoms with E-state index in [2.05, 4.69) is 15.6 Å². The molecule has 3 rings (SSSR count). The van der Waals surface area contributed by atoms with Gasteiger partial charge < -0.3 is 10.4 Å². The molecule has 0 spiro atoms. The van der Waals surface area contributed by atoms with E-state index in [1.807, 2.05) is 18.2 Å². The summed E-state index contributed by atoms with van der Waals surface area (Å²) in [5, 5.41) is 15.4. The number of hydrogen-bond donors (Lipinski definition) is 3. The molecule has 0 radical (unpaired) electrons. The number of alkyl halides is 3. The number of nitrogens with one attached hydrogen (secondary N) is 2. The summed E-state index contributed by atoms with van der Waals surface area (Å²) in [4.78, 5) is 15.3. The fourth-order valence-electron chi connectivity index (χ4n) is 2.90. The van der Waals surface area contributed by atoms with Gasteiger partial charge in [0.1, 0.15) is 17.1 Å². The molecule has 2 aromatic rings. The van der Waals surface area contributed by atoms with Gasteiger partial charge in [0, 0.05) is 0 Å². The standard InChI is InChI=1S/C17H16F3N3O2/c18-17(19,20)13-6-3-7-14(22-13)23-15(24)21-10-16(25)9-8-11-4-1-2-5-12(11)16/h1-7,25H,8-10H2,(H2,21,22,23,24). The summed E-state index contributed by atoms with van der Waals surface area (Å²) in [7, 11) is 0. The lowest BCUT2D eigenvalue weighted by Crippen LogP contribution is -2.41. The molecule has 1 aliphatic rings. The second-order valence-corrected chi connectivity index (χ2v) is 5.90. The van der Waals surface area contributed by atoms with Gasteiger partial charge >= 0.3 is 12.2 Å². The maximum Gasteiger partial charge on any atom is 0.433 e. The van der Waals surface area contributed by atoms with Crippen LogP contribution in [0.25, 0.3) is 0 Å². The summed E-state index contributed by atoms with van der Waals surface area (Å²) < 4.78 is 37.9. The number of amides is 2. The molecule has 0 aliphatic heterocycles. The average molecular weight is 351 g/mol. The van der Waals surface area contributed by atoms with Crippen LogP contribution in [0.3, 0.4) is 0 Å². The molecule has 1 aromatic carbocycles. The van der Waals surface area contributed by atoms with Crippen molar-refractivity contribution in [2.75, 3.05) is 11.9 Å². The van der Waals surface area contributed by atoms with Crippen LogP contribution in [0.2, 0.25) is 0 Å². The minimum atomic E-state index is -4.59. The Morgan fingerprint density at radius 1 is 1.20 bits per heavy atom. The number of fused-ring (bicyclic) bond motifs is 1. The smallest absolute Gasteiger partial charge is 0.383 e. The molecule has 1 aromatic heterocycles. The van der Waals surface area contributed by atoms with E-state index in [0.29, 0.717) is 12.8 Å². The van der Waals surface area contributed by atoms with E-state index in [1.165, 1.54) is 6.07 Å². The lowest BCUT2D eigenvalue weighted by atomic mass is 9.96. The zero-order valence-electron chi connectivity index (χ0n) is 13.1. The Hall–Kier alpha value is -2.61. The van der Waals surface area contributed by atoms with Crippen LogP contribution in [0.5, 0.6) is 0 Å². The number of urea groups is 1. The van der Waals surface area contributed by atoms with Crippen molar-refractivity contribution < 1.29 is 23.1 Å². The third-order valence-electron chi connectivity index (χ3n) is 4.15. The zero-order valence-corrected chi connectivity index (χ0v) is 13.1. The van der Waals surface area contributed by atoms with E-state index in [4.69, 9.17) is 0 Å². The molecule has 0 bridgehead atoms. The number of halogens is 3. The second-order valence-electron chi connectivity index (χ2n) is 5.90. The average Bonchev–Trinajstić information content (AvgIpc) is 2.91. The Labute approximate surface area is 141 Å². The predicted molar refractivity (Wildman–Crippen MR) is 84.9 cm³/mol. The highest BCUT2D eigenvalue weighted by Crippen LogP contribution is 2.36. The molecule has 0 fully saturated rings. The number of carbonyl (C=O) groups is 1. The highest BCUT2D eigenvalue weighted by atomic mass is 19.4. The molecule has 0 saturated carbocycles. The van der Waals surface area contributed by atoms with Crippen LogP contribution in [0.15, 0.2) is 42.5 Å². The fraction of sp³-hybridized carbons (Fsp3) is 0.294. The Morgan fingerprint density at radius 2 is 1.96 bits per heavy atom. The maximum absolute atomic E-state index is 12.6. The van der Waals surface area contributed by atoms with Gasteiger partial charge in [-0.25, -0.2) is 9.78 Å². The number of aromatic nitrogens is 1. The molecule has 1 aliphatic carbocycles. The van der Waals surface area contributed by atoms with Gasteiger partial charge in [0.15, 0.2) is 0 Å². The van der Waals surface area contributed by atoms with Crippen LogP contribution >= 0.6 is 0 Å². The van der Waals surface area contributed by atoms with Crippen LogP contribution in [0, 0.1) is 0 Å². The van der Waals surface area contributed by atoms with Crippen molar-refractivity contribution in [2.24, 2.45) is 0 Å². The first-order valence-corrected chi connectivity index (χ1v) is 7.68. The molecule has 1 heterocycles. The molecule has 25 heavy (non-hydrogen) atoms. The van der Waals surface area contributed by atoms with Gasteiger partial charge in [-0.3, -0.25) is 5.32 Å². The number of hydrogen-bond acceptors (Lipinski definition) is 3. The van der Waals surface area contributed by atoms with Gasteiger partial charge in [-0.15, -0.1) is 0 Å². The largest absolute Gasteiger partial charge is 0.433 e. The molecule has 1 atom stereocenters. The van der Waals surface area contributed by atoms with Gasteiger partial charge in [0.05, 0.1) is 6.54 Å². The van der Waals surface area contributed by atoms with E-state index in [-0.39, 0.29) is 12.4 Å².